The molecule has 21 heavy (non-hydrogen) atoms. The van der Waals surface area contributed by atoms with Crippen molar-refractivity contribution >= 4 is 39.2 Å². The van der Waals surface area contributed by atoms with E-state index >= 15 is 0 Å². The zero-order valence-electron chi connectivity index (χ0n) is 11.9. The fourth-order valence-electron chi connectivity index (χ4n) is 1.84. The first-order chi connectivity index (χ1) is 10.1. The van der Waals surface area contributed by atoms with E-state index < -0.39 is 0 Å². The molecule has 0 N–H and O–H groups in total. The first kappa shape index (κ1) is 15.8. The molecular formula is C16H16BrNO2S. The van der Waals surface area contributed by atoms with E-state index in [2.05, 4.69) is 15.9 Å². The Kier molecular flexibility index (Phi) is 5.59. The maximum atomic E-state index is 12.1. The van der Waals surface area contributed by atoms with Gasteiger partial charge in [-0.2, -0.15) is 0 Å². The molecule has 2 aromatic rings. The summed E-state index contributed by atoms with van der Waals surface area (Å²) in [4.78, 5) is 15.0. The zero-order chi connectivity index (χ0) is 15.2. The smallest absolute Gasteiger partial charge is 0.246 e. The number of hydrogen-bond donors (Lipinski definition) is 0. The second kappa shape index (κ2) is 7.43. The number of halogens is 1. The summed E-state index contributed by atoms with van der Waals surface area (Å²) in [5.74, 6) is 0.702. The number of benzene rings is 1. The number of thiophene rings is 1. The SMILES string of the molecule is COc1ccc(Br)cc1/C=C/C(=O)N(C)Cc1cccs1. The van der Waals surface area contributed by atoms with E-state index in [1.165, 1.54) is 4.88 Å². The molecule has 3 nitrogen and oxygen atoms in total. The van der Waals surface area contributed by atoms with Gasteiger partial charge in [-0.15, -0.1) is 11.3 Å². The number of ether oxygens (including phenoxy) is 1. The third-order valence-electron chi connectivity index (χ3n) is 2.95. The fraction of sp³-hybridized carbons (Fsp3) is 0.188. The largest absolute Gasteiger partial charge is 0.496 e. The Bertz CT molecular complexity index is 638. The van der Waals surface area contributed by atoms with Crippen molar-refractivity contribution in [2.45, 2.75) is 6.54 Å². The number of carbonyl (C=O) groups excluding carboxylic acids is 1. The number of nitrogens with zero attached hydrogens (tertiary/aromatic N) is 1. The van der Waals surface area contributed by atoms with Crippen LogP contribution in [-0.4, -0.2) is 25.0 Å². The zero-order valence-corrected chi connectivity index (χ0v) is 14.3. The number of likely N-dealkylation sites (N-methyl/N-ethyl adjacent to an activating group) is 1. The Morgan fingerprint density at radius 2 is 2.24 bits per heavy atom. The molecule has 0 unspecified atom stereocenters. The highest BCUT2D eigenvalue weighted by atomic mass is 79.9. The lowest BCUT2D eigenvalue weighted by atomic mass is 10.2. The molecular weight excluding hydrogens is 350 g/mol. The maximum Gasteiger partial charge on any atom is 0.246 e. The lowest BCUT2D eigenvalue weighted by molar-refractivity contribution is -0.125. The summed E-state index contributed by atoms with van der Waals surface area (Å²) >= 11 is 5.06. The van der Waals surface area contributed by atoms with Gasteiger partial charge < -0.3 is 9.64 Å². The van der Waals surface area contributed by atoms with E-state index in [0.717, 1.165) is 15.8 Å². The average molecular weight is 366 g/mol. The molecule has 2 rings (SSSR count). The van der Waals surface area contributed by atoms with E-state index in [1.807, 2.05) is 35.7 Å². The van der Waals surface area contributed by atoms with Crippen LogP contribution < -0.4 is 4.74 Å². The van der Waals surface area contributed by atoms with Crippen molar-refractivity contribution in [3.8, 4) is 5.75 Å². The van der Waals surface area contributed by atoms with Crippen LogP contribution in [0.15, 0.2) is 46.3 Å². The third-order valence-corrected chi connectivity index (χ3v) is 4.30. The Hall–Kier alpha value is -1.59. The van der Waals surface area contributed by atoms with Crippen molar-refractivity contribution in [1.29, 1.82) is 0 Å². The van der Waals surface area contributed by atoms with E-state index in [4.69, 9.17) is 4.74 Å². The first-order valence-corrected chi connectivity index (χ1v) is 8.06. The highest BCUT2D eigenvalue weighted by Crippen LogP contribution is 2.24. The van der Waals surface area contributed by atoms with Gasteiger partial charge >= 0.3 is 0 Å². The van der Waals surface area contributed by atoms with Crippen LogP contribution in [0, 0.1) is 0 Å². The Balaban J connectivity index is 2.06. The molecule has 0 aliphatic carbocycles. The molecule has 0 saturated carbocycles. The molecule has 0 saturated heterocycles. The maximum absolute atomic E-state index is 12.1. The molecule has 1 heterocycles. The van der Waals surface area contributed by atoms with Gasteiger partial charge in [-0.05, 0) is 35.7 Å². The van der Waals surface area contributed by atoms with Gasteiger partial charge in [-0.1, -0.05) is 22.0 Å². The molecule has 1 amide bonds. The van der Waals surface area contributed by atoms with Crippen LogP contribution in [-0.2, 0) is 11.3 Å². The minimum absolute atomic E-state index is 0.0366. The predicted octanol–water partition coefficient (Wildman–Crippen LogP) is 4.19. The van der Waals surface area contributed by atoms with Gasteiger partial charge in [-0.3, -0.25) is 4.79 Å². The van der Waals surface area contributed by atoms with E-state index in [-0.39, 0.29) is 5.91 Å². The number of amides is 1. The molecule has 0 spiro atoms. The normalized spacial score (nSPS) is 10.8. The van der Waals surface area contributed by atoms with Gasteiger partial charge in [-0.25, -0.2) is 0 Å². The predicted molar refractivity (Wildman–Crippen MR) is 90.5 cm³/mol. The molecule has 0 atom stereocenters. The monoisotopic (exact) mass is 365 g/mol. The highest BCUT2D eigenvalue weighted by molar-refractivity contribution is 9.10. The van der Waals surface area contributed by atoms with E-state index in [0.29, 0.717) is 6.54 Å². The summed E-state index contributed by atoms with van der Waals surface area (Å²) in [5, 5.41) is 2.01. The number of carbonyl (C=O) groups is 1. The molecule has 0 aliphatic heterocycles. The first-order valence-electron chi connectivity index (χ1n) is 6.39. The van der Waals surface area contributed by atoms with Crippen molar-refractivity contribution in [2.75, 3.05) is 14.2 Å². The summed E-state index contributed by atoms with van der Waals surface area (Å²) in [7, 11) is 3.41. The van der Waals surface area contributed by atoms with Gasteiger partial charge in [0.25, 0.3) is 0 Å². The van der Waals surface area contributed by atoms with E-state index in [1.54, 1.807) is 42.5 Å². The van der Waals surface area contributed by atoms with Gasteiger partial charge in [0.1, 0.15) is 5.75 Å². The standard InChI is InChI=1S/C16H16BrNO2S/c1-18(11-14-4-3-9-21-14)16(19)8-5-12-10-13(17)6-7-15(12)20-2/h3-10H,11H2,1-2H3/b8-5+. The fourth-order valence-corrected chi connectivity index (χ4v) is 2.97. The minimum Gasteiger partial charge on any atom is -0.496 e. The summed E-state index contributed by atoms with van der Waals surface area (Å²) in [5.41, 5.74) is 0.866. The van der Waals surface area contributed by atoms with Crippen LogP contribution in [0.2, 0.25) is 0 Å². The molecule has 0 bridgehead atoms. The van der Waals surface area contributed by atoms with Gasteiger partial charge in [0, 0.05) is 28.0 Å². The van der Waals surface area contributed by atoms with Crippen LogP contribution in [0.3, 0.4) is 0 Å². The third kappa shape index (κ3) is 4.44. The van der Waals surface area contributed by atoms with Crippen molar-refractivity contribution in [3.63, 3.8) is 0 Å². The molecule has 0 fully saturated rings. The summed E-state index contributed by atoms with van der Waals surface area (Å²) in [6.45, 7) is 0.621. The van der Waals surface area contributed by atoms with Gasteiger partial charge in [0.2, 0.25) is 5.91 Å². The quantitative estimate of drug-likeness (QED) is 0.743. The topological polar surface area (TPSA) is 29.5 Å². The van der Waals surface area contributed by atoms with Crippen molar-refractivity contribution in [2.24, 2.45) is 0 Å². The van der Waals surface area contributed by atoms with Crippen LogP contribution in [0.25, 0.3) is 6.08 Å². The summed E-state index contributed by atoms with van der Waals surface area (Å²) in [6, 6.07) is 9.70. The highest BCUT2D eigenvalue weighted by Gasteiger charge is 2.07. The van der Waals surface area contributed by atoms with Crippen LogP contribution in [0.5, 0.6) is 5.75 Å². The van der Waals surface area contributed by atoms with Gasteiger partial charge in [0.05, 0.1) is 13.7 Å². The van der Waals surface area contributed by atoms with Crippen molar-refractivity contribution < 1.29 is 9.53 Å². The Morgan fingerprint density at radius 3 is 2.90 bits per heavy atom. The van der Waals surface area contributed by atoms with Crippen molar-refractivity contribution in [3.05, 3.63) is 56.7 Å². The second-order valence-corrected chi connectivity index (χ2v) is 6.44. The Morgan fingerprint density at radius 1 is 1.43 bits per heavy atom. The summed E-state index contributed by atoms with van der Waals surface area (Å²) in [6.07, 6.45) is 3.34. The van der Waals surface area contributed by atoms with Crippen LogP contribution in [0.4, 0.5) is 0 Å². The van der Waals surface area contributed by atoms with Crippen molar-refractivity contribution in [1.82, 2.24) is 4.90 Å². The summed E-state index contributed by atoms with van der Waals surface area (Å²) < 4.78 is 6.23. The lowest BCUT2D eigenvalue weighted by Gasteiger charge is -2.13. The van der Waals surface area contributed by atoms with E-state index in [9.17, 15) is 4.79 Å². The van der Waals surface area contributed by atoms with Crippen LogP contribution in [0.1, 0.15) is 10.4 Å². The number of methoxy groups -OCH3 is 1. The van der Waals surface area contributed by atoms with Gasteiger partial charge in [0.15, 0.2) is 0 Å². The van der Waals surface area contributed by atoms with Crippen LogP contribution >= 0.6 is 27.3 Å². The Labute approximate surface area is 137 Å². The average Bonchev–Trinajstić information content (AvgIpc) is 2.97. The molecule has 0 aliphatic rings. The number of rotatable bonds is 5. The number of hydrogen-bond acceptors (Lipinski definition) is 3. The lowest BCUT2D eigenvalue weighted by Crippen LogP contribution is -2.23. The molecule has 1 aromatic carbocycles. The molecule has 1 aromatic heterocycles. The molecule has 0 radical (unpaired) electrons. The second-order valence-electron chi connectivity index (χ2n) is 4.49. The minimum atomic E-state index is -0.0366. The molecule has 110 valence electrons. The molecule has 5 heteroatoms.